The molecule has 1 aromatic carbocycles. The number of nitrogens with zero attached hydrogens (tertiary/aromatic N) is 2. The largest absolute Gasteiger partial charge is 0.336 e. The van der Waals surface area contributed by atoms with E-state index in [1.807, 2.05) is 18.7 Å². The molecule has 6 nitrogen and oxygen atoms in total. The van der Waals surface area contributed by atoms with Gasteiger partial charge in [0.1, 0.15) is 0 Å². The Morgan fingerprint density at radius 2 is 1.62 bits per heavy atom. The minimum Gasteiger partial charge on any atom is -0.336 e. The van der Waals surface area contributed by atoms with Gasteiger partial charge in [0.15, 0.2) is 0 Å². The van der Waals surface area contributed by atoms with Gasteiger partial charge in [-0.3, -0.25) is 9.69 Å². The van der Waals surface area contributed by atoms with Gasteiger partial charge in [0.25, 0.3) is 5.91 Å². The zero-order valence-electron chi connectivity index (χ0n) is 16.4. The fraction of sp³-hybridized carbons (Fsp3) is 0.600. The maximum absolute atomic E-state index is 12.7. The van der Waals surface area contributed by atoms with Gasteiger partial charge in [-0.15, -0.1) is 0 Å². The second-order valence-corrected chi connectivity index (χ2v) is 7.65. The normalized spacial score (nSPS) is 15.4. The van der Waals surface area contributed by atoms with Crippen LogP contribution >= 0.6 is 0 Å². The van der Waals surface area contributed by atoms with E-state index in [2.05, 4.69) is 29.4 Å². The summed E-state index contributed by atoms with van der Waals surface area (Å²) in [6, 6.07) is 6.93. The maximum atomic E-state index is 12.7. The number of hydrogen-bond acceptors (Lipinski definition) is 3. The van der Waals surface area contributed by atoms with Gasteiger partial charge < -0.3 is 15.5 Å². The molecule has 0 aromatic heterocycles. The Hall–Kier alpha value is -2.08. The van der Waals surface area contributed by atoms with Crippen LogP contribution in [0.5, 0.6) is 0 Å². The standard InChI is InChI=1S/C20H32N4O2/c1-15(2)9-10-23-11-13-24(14-12-23)19(25)17-5-7-18(8-6-17)22-20(26)21-16(3)4/h5-8,15-16H,9-14H2,1-4H3,(H2,21,22,26). The number of anilines is 1. The van der Waals surface area contributed by atoms with Crippen LogP contribution < -0.4 is 10.6 Å². The van der Waals surface area contributed by atoms with Gasteiger partial charge in [-0.2, -0.15) is 0 Å². The number of hydrogen-bond donors (Lipinski definition) is 2. The van der Waals surface area contributed by atoms with Crippen molar-refractivity contribution in [3.05, 3.63) is 29.8 Å². The monoisotopic (exact) mass is 360 g/mol. The predicted molar refractivity (Wildman–Crippen MR) is 106 cm³/mol. The maximum Gasteiger partial charge on any atom is 0.319 e. The summed E-state index contributed by atoms with van der Waals surface area (Å²) < 4.78 is 0. The van der Waals surface area contributed by atoms with Crippen LogP contribution in [0.1, 0.15) is 44.5 Å². The van der Waals surface area contributed by atoms with Gasteiger partial charge in [-0.25, -0.2) is 4.79 Å². The van der Waals surface area contributed by atoms with Crippen molar-refractivity contribution in [3.63, 3.8) is 0 Å². The van der Waals surface area contributed by atoms with Crippen LogP contribution in [-0.2, 0) is 0 Å². The first-order chi connectivity index (χ1) is 12.3. The lowest BCUT2D eigenvalue weighted by Gasteiger charge is -2.35. The highest BCUT2D eigenvalue weighted by Crippen LogP contribution is 2.14. The molecule has 1 aliphatic heterocycles. The lowest BCUT2D eigenvalue weighted by atomic mass is 10.1. The zero-order chi connectivity index (χ0) is 19.1. The summed E-state index contributed by atoms with van der Waals surface area (Å²) in [6.45, 7) is 12.8. The van der Waals surface area contributed by atoms with E-state index in [9.17, 15) is 9.59 Å². The minimum absolute atomic E-state index is 0.0618. The molecular formula is C20H32N4O2. The number of carbonyl (C=O) groups is 2. The molecule has 2 N–H and O–H groups in total. The summed E-state index contributed by atoms with van der Waals surface area (Å²) in [5.74, 6) is 0.774. The van der Waals surface area contributed by atoms with Gasteiger partial charge in [0, 0.05) is 43.5 Å². The summed E-state index contributed by atoms with van der Waals surface area (Å²) >= 11 is 0. The minimum atomic E-state index is -0.239. The number of urea groups is 1. The van der Waals surface area contributed by atoms with Crippen LogP contribution in [0.4, 0.5) is 10.5 Å². The third kappa shape index (κ3) is 6.33. The fourth-order valence-corrected chi connectivity index (χ4v) is 2.92. The third-order valence-corrected chi connectivity index (χ3v) is 4.49. The van der Waals surface area contributed by atoms with Crippen molar-refractivity contribution in [3.8, 4) is 0 Å². The molecule has 1 aliphatic rings. The lowest BCUT2D eigenvalue weighted by Crippen LogP contribution is -2.49. The van der Waals surface area contributed by atoms with Crippen LogP contribution in [0.15, 0.2) is 24.3 Å². The van der Waals surface area contributed by atoms with Gasteiger partial charge >= 0.3 is 6.03 Å². The highest BCUT2D eigenvalue weighted by Gasteiger charge is 2.22. The van der Waals surface area contributed by atoms with Crippen molar-refractivity contribution >= 4 is 17.6 Å². The Kier molecular flexibility index (Phi) is 7.45. The van der Waals surface area contributed by atoms with E-state index >= 15 is 0 Å². The van der Waals surface area contributed by atoms with E-state index in [4.69, 9.17) is 0 Å². The Morgan fingerprint density at radius 3 is 2.15 bits per heavy atom. The van der Waals surface area contributed by atoms with Crippen molar-refractivity contribution < 1.29 is 9.59 Å². The van der Waals surface area contributed by atoms with Crippen molar-refractivity contribution in [2.75, 3.05) is 38.0 Å². The predicted octanol–water partition coefficient (Wildman–Crippen LogP) is 3.02. The SMILES string of the molecule is CC(C)CCN1CCN(C(=O)c2ccc(NC(=O)NC(C)C)cc2)CC1. The second kappa shape index (κ2) is 9.57. The van der Waals surface area contributed by atoms with E-state index in [0.717, 1.165) is 32.7 Å². The fourth-order valence-electron chi connectivity index (χ4n) is 2.92. The van der Waals surface area contributed by atoms with Crippen LogP contribution in [0, 0.1) is 5.92 Å². The molecule has 6 heteroatoms. The average Bonchev–Trinajstić information content (AvgIpc) is 2.59. The topological polar surface area (TPSA) is 64.7 Å². The first-order valence-corrected chi connectivity index (χ1v) is 9.54. The molecule has 3 amide bonds. The molecule has 1 aromatic rings. The molecule has 0 bridgehead atoms. The number of carbonyl (C=O) groups excluding carboxylic acids is 2. The number of piperazine rings is 1. The van der Waals surface area contributed by atoms with Crippen LogP contribution in [0.25, 0.3) is 0 Å². The molecule has 1 fully saturated rings. The average molecular weight is 361 g/mol. The molecule has 0 radical (unpaired) electrons. The Balaban J connectivity index is 1.83. The van der Waals surface area contributed by atoms with E-state index in [-0.39, 0.29) is 18.0 Å². The van der Waals surface area contributed by atoms with E-state index < -0.39 is 0 Å². The van der Waals surface area contributed by atoms with Gasteiger partial charge in [-0.05, 0) is 57.0 Å². The summed E-state index contributed by atoms with van der Waals surface area (Å²) in [6.07, 6.45) is 1.20. The number of nitrogens with one attached hydrogen (secondary N) is 2. The zero-order valence-corrected chi connectivity index (χ0v) is 16.4. The second-order valence-electron chi connectivity index (χ2n) is 7.65. The Labute approximate surface area is 156 Å². The third-order valence-electron chi connectivity index (χ3n) is 4.49. The number of benzene rings is 1. The summed E-state index contributed by atoms with van der Waals surface area (Å²) in [5, 5.41) is 5.54. The quantitative estimate of drug-likeness (QED) is 0.820. The molecule has 1 heterocycles. The summed E-state index contributed by atoms with van der Waals surface area (Å²) in [5.41, 5.74) is 1.34. The van der Waals surface area contributed by atoms with Gasteiger partial charge in [0.05, 0.1) is 0 Å². The number of amides is 3. The van der Waals surface area contributed by atoms with Crippen molar-refractivity contribution in [1.82, 2.24) is 15.1 Å². The Morgan fingerprint density at radius 1 is 1.00 bits per heavy atom. The van der Waals surface area contributed by atoms with E-state index in [0.29, 0.717) is 17.2 Å². The van der Waals surface area contributed by atoms with Gasteiger partial charge in [0.2, 0.25) is 0 Å². The first-order valence-electron chi connectivity index (χ1n) is 9.54. The van der Waals surface area contributed by atoms with E-state index in [1.165, 1.54) is 6.42 Å². The van der Waals surface area contributed by atoms with Crippen molar-refractivity contribution in [2.24, 2.45) is 5.92 Å². The molecule has 0 unspecified atom stereocenters. The smallest absolute Gasteiger partial charge is 0.319 e. The van der Waals surface area contributed by atoms with Crippen molar-refractivity contribution in [1.29, 1.82) is 0 Å². The lowest BCUT2D eigenvalue weighted by molar-refractivity contribution is 0.0632. The molecular weight excluding hydrogens is 328 g/mol. The van der Waals surface area contributed by atoms with Crippen molar-refractivity contribution in [2.45, 2.75) is 40.2 Å². The summed E-state index contributed by atoms with van der Waals surface area (Å²) in [4.78, 5) is 28.7. The first kappa shape index (κ1) is 20.2. The molecule has 0 aliphatic carbocycles. The number of rotatable bonds is 6. The van der Waals surface area contributed by atoms with Crippen LogP contribution in [0.3, 0.4) is 0 Å². The molecule has 144 valence electrons. The molecule has 26 heavy (non-hydrogen) atoms. The van der Waals surface area contributed by atoms with Crippen LogP contribution in [-0.4, -0.2) is 60.5 Å². The molecule has 0 spiro atoms. The molecule has 2 rings (SSSR count). The molecule has 0 atom stereocenters. The molecule has 0 saturated carbocycles. The highest BCUT2D eigenvalue weighted by atomic mass is 16.2. The molecule has 1 saturated heterocycles. The van der Waals surface area contributed by atoms with Crippen LogP contribution in [0.2, 0.25) is 0 Å². The highest BCUT2D eigenvalue weighted by molar-refractivity contribution is 5.95. The Bertz CT molecular complexity index is 590. The summed E-state index contributed by atoms with van der Waals surface area (Å²) in [7, 11) is 0. The van der Waals surface area contributed by atoms with E-state index in [1.54, 1.807) is 24.3 Å². The van der Waals surface area contributed by atoms with Gasteiger partial charge in [-0.1, -0.05) is 13.8 Å².